The normalized spacial score (nSPS) is 15.2. The molecule has 1 saturated heterocycles. The lowest BCUT2D eigenvalue weighted by atomic mass is 9.94. The molecule has 1 aliphatic rings. The van der Waals surface area contributed by atoms with Crippen molar-refractivity contribution in [3.05, 3.63) is 36.5 Å². The Morgan fingerprint density at radius 2 is 1.82 bits per heavy atom. The molecule has 7 nitrogen and oxygen atoms in total. The first kappa shape index (κ1) is 19.9. The number of anilines is 3. The minimum atomic E-state index is -0.359. The van der Waals surface area contributed by atoms with Crippen molar-refractivity contribution in [2.24, 2.45) is 5.41 Å². The number of amides is 1. The molecule has 2 N–H and O–H groups in total. The summed E-state index contributed by atoms with van der Waals surface area (Å²) < 4.78 is 5.18. The third-order valence-corrected chi connectivity index (χ3v) is 4.80. The molecule has 2 aromatic rings. The fraction of sp³-hybridized carbons (Fsp3) is 0.476. The average molecular weight is 383 g/mol. The Balaban J connectivity index is 1.58. The second-order valence-electron chi connectivity index (χ2n) is 8.08. The Labute approximate surface area is 166 Å². The van der Waals surface area contributed by atoms with E-state index < -0.39 is 0 Å². The predicted octanol–water partition coefficient (Wildman–Crippen LogP) is 3.36. The maximum Gasteiger partial charge on any atom is 0.227 e. The zero-order chi connectivity index (χ0) is 20.1. The van der Waals surface area contributed by atoms with E-state index in [9.17, 15) is 4.79 Å². The van der Waals surface area contributed by atoms with Crippen LogP contribution in [0.15, 0.2) is 36.5 Å². The molecule has 1 aromatic heterocycles. The zero-order valence-electron chi connectivity index (χ0n) is 17.0. The second kappa shape index (κ2) is 8.46. The van der Waals surface area contributed by atoms with Gasteiger partial charge in [-0.05, 0) is 43.2 Å². The molecule has 0 atom stereocenters. The highest BCUT2D eigenvalue weighted by molar-refractivity contribution is 5.81. The van der Waals surface area contributed by atoms with Gasteiger partial charge in [-0.3, -0.25) is 4.79 Å². The molecule has 7 heteroatoms. The number of rotatable bonds is 5. The second-order valence-corrected chi connectivity index (χ2v) is 8.08. The summed E-state index contributed by atoms with van der Waals surface area (Å²) in [5, 5.41) is 6.45. The maximum atomic E-state index is 12.2. The number of hydrogen-bond donors (Lipinski definition) is 2. The molecular weight excluding hydrogens is 354 g/mol. The number of ether oxygens (including phenoxy) is 1. The molecule has 1 aromatic carbocycles. The van der Waals surface area contributed by atoms with E-state index in [0.717, 1.165) is 43.2 Å². The fourth-order valence-electron chi connectivity index (χ4n) is 3.02. The van der Waals surface area contributed by atoms with Crippen molar-refractivity contribution >= 4 is 23.4 Å². The molecule has 0 radical (unpaired) electrons. The van der Waals surface area contributed by atoms with E-state index in [-0.39, 0.29) is 17.4 Å². The summed E-state index contributed by atoms with van der Waals surface area (Å²) in [4.78, 5) is 23.4. The summed E-state index contributed by atoms with van der Waals surface area (Å²) in [5.41, 5.74) is 0.580. The van der Waals surface area contributed by atoms with Gasteiger partial charge in [-0.1, -0.05) is 20.8 Å². The van der Waals surface area contributed by atoms with Crippen molar-refractivity contribution in [2.45, 2.75) is 39.7 Å². The lowest BCUT2D eigenvalue weighted by Gasteiger charge is -2.33. The van der Waals surface area contributed by atoms with E-state index in [1.165, 1.54) is 0 Å². The highest BCUT2D eigenvalue weighted by Gasteiger charge is 2.27. The number of methoxy groups -OCH3 is 1. The van der Waals surface area contributed by atoms with Gasteiger partial charge in [0.25, 0.3) is 0 Å². The Kier molecular flexibility index (Phi) is 6.02. The largest absolute Gasteiger partial charge is 0.497 e. The van der Waals surface area contributed by atoms with Gasteiger partial charge >= 0.3 is 0 Å². The van der Waals surface area contributed by atoms with Crippen LogP contribution in [-0.2, 0) is 4.79 Å². The van der Waals surface area contributed by atoms with Crippen molar-refractivity contribution in [1.29, 1.82) is 0 Å². The summed E-state index contributed by atoms with van der Waals surface area (Å²) >= 11 is 0. The number of nitrogens with one attached hydrogen (secondary N) is 2. The van der Waals surface area contributed by atoms with Crippen molar-refractivity contribution in [1.82, 2.24) is 15.3 Å². The van der Waals surface area contributed by atoms with Gasteiger partial charge in [-0.15, -0.1) is 0 Å². The molecule has 150 valence electrons. The summed E-state index contributed by atoms with van der Waals surface area (Å²) in [6.45, 7) is 7.45. The number of nitrogens with zero attached hydrogens (tertiary/aromatic N) is 3. The smallest absolute Gasteiger partial charge is 0.227 e. The van der Waals surface area contributed by atoms with Crippen LogP contribution in [0.2, 0.25) is 0 Å². The van der Waals surface area contributed by atoms with Crippen LogP contribution in [0.4, 0.5) is 17.5 Å². The van der Waals surface area contributed by atoms with Crippen molar-refractivity contribution in [2.75, 3.05) is 30.4 Å². The van der Waals surface area contributed by atoms with Gasteiger partial charge in [0.05, 0.1) is 7.11 Å². The third kappa shape index (κ3) is 5.12. The lowest BCUT2D eigenvalue weighted by molar-refractivity contribution is -0.129. The minimum Gasteiger partial charge on any atom is -0.497 e. The predicted molar refractivity (Wildman–Crippen MR) is 111 cm³/mol. The molecule has 1 aliphatic heterocycles. The Hall–Kier alpha value is -2.83. The number of carbonyl (C=O) groups is 1. The molecular formula is C21H29N5O2. The van der Waals surface area contributed by atoms with Gasteiger partial charge in [-0.25, -0.2) is 4.98 Å². The standard InChI is InChI=1S/C21H29N5O2/c1-21(2,3)19(27)24-16-10-13-26(14-11-16)20-22-12-9-18(25-20)23-15-5-7-17(28-4)8-6-15/h5-9,12,16H,10-11,13-14H2,1-4H3,(H,24,27)(H,22,23,25). The van der Waals surface area contributed by atoms with E-state index in [2.05, 4.69) is 25.5 Å². The number of hydrogen-bond acceptors (Lipinski definition) is 6. The number of carbonyl (C=O) groups excluding carboxylic acids is 1. The molecule has 3 rings (SSSR count). The van der Waals surface area contributed by atoms with Crippen LogP contribution >= 0.6 is 0 Å². The molecule has 1 fully saturated rings. The zero-order valence-corrected chi connectivity index (χ0v) is 17.0. The minimum absolute atomic E-state index is 0.105. The summed E-state index contributed by atoms with van der Waals surface area (Å²) in [7, 11) is 1.65. The van der Waals surface area contributed by atoms with Gasteiger partial charge in [0.15, 0.2) is 0 Å². The van der Waals surface area contributed by atoms with Crippen LogP contribution in [0, 0.1) is 5.41 Å². The van der Waals surface area contributed by atoms with E-state index in [0.29, 0.717) is 5.95 Å². The molecule has 2 heterocycles. The van der Waals surface area contributed by atoms with Gasteiger partial charge in [0.1, 0.15) is 11.6 Å². The quantitative estimate of drug-likeness (QED) is 0.824. The molecule has 1 amide bonds. The van der Waals surface area contributed by atoms with E-state index in [1.807, 2.05) is 51.1 Å². The molecule has 0 aliphatic carbocycles. The van der Waals surface area contributed by atoms with Gasteiger partial charge in [-0.2, -0.15) is 4.98 Å². The van der Waals surface area contributed by atoms with Crippen molar-refractivity contribution in [3.63, 3.8) is 0 Å². The molecule has 0 spiro atoms. The summed E-state index contributed by atoms with van der Waals surface area (Å²) in [6.07, 6.45) is 3.55. The number of aromatic nitrogens is 2. The number of piperidine rings is 1. The molecule has 0 unspecified atom stereocenters. The molecule has 28 heavy (non-hydrogen) atoms. The first-order valence-electron chi connectivity index (χ1n) is 9.65. The summed E-state index contributed by atoms with van der Waals surface area (Å²) in [5.74, 6) is 2.38. The molecule has 0 bridgehead atoms. The van der Waals surface area contributed by atoms with Gasteiger partial charge in [0, 0.05) is 36.4 Å². The molecule has 0 saturated carbocycles. The first-order valence-corrected chi connectivity index (χ1v) is 9.65. The van der Waals surface area contributed by atoms with Crippen LogP contribution in [0.5, 0.6) is 5.75 Å². The van der Waals surface area contributed by atoms with E-state index in [1.54, 1.807) is 13.3 Å². The van der Waals surface area contributed by atoms with Crippen molar-refractivity contribution < 1.29 is 9.53 Å². The number of benzene rings is 1. The first-order chi connectivity index (χ1) is 13.3. The van der Waals surface area contributed by atoms with E-state index >= 15 is 0 Å². The van der Waals surface area contributed by atoms with Crippen LogP contribution in [0.1, 0.15) is 33.6 Å². The topological polar surface area (TPSA) is 79.4 Å². The lowest BCUT2D eigenvalue weighted by Crippen LogP contribution is -2.48. The van der Waals surface area contributed by atoms with Crippen molar-refractivity contribution in [3.8, 4) is 5.75 Å². The van der Waals surface area contributed by atoms with Gasteiger partial charge < -0.3 is 20.3 Å². The van der Waals surface area contributed by atoms with Crippen LogP contribution in [-0.4, -0.2) is 42.1 Å². The third-order valence-electron chi connectivity index (χ3n) is 4.80. The monoisotopic (exact) mass is 383 g/mol. The average Bonchev–Trinajstić information content (AvgIpc) is 2.69. The SMILES string of the molecule is COc1ccc(Nc2ccnc(N3CCC(NC(=O)C(C)(C)C)CC3)n2)cc1. The Morgan fingerprint density at radius 1 is 1.14 bits per heavy atom. The highest BCUT2D eigenvalue weighted by atomic mass is 16.5. The van der Waals surface area contributed by atoms with Gasteiger partial charge in [0.2, 0.25) is 11.9 Å². The maximum absolute atomic E-state index is 12.2. The van der Waals surface area contributed by atoms with Crippen LogP contribution < -0.4 is 20.3 Å². The van der Waals surface area contributed by atoms with Crippen LogP contribution in [0.3, 0.4) is 0 Å². The summed E-state index contributed by atoms with van der Waals surface area (Å²) in [6, 6.07) is 9.77. The highest BCUT2D eigenvalue weighted by Crippen LogP contribution is 2.22. The van der Waals surface area contributed by atoms with E-state index in [4.69, 9.17) is 4.74 Å². The fourth-order valence-corrected chi connectivity index (χ4v) is 3.02. The van der Waals surface area contributed by atoms with Crippen LogP contribution in [0.25, 0.3) is 0 Å². The Morgan fingerprint density at radius 3 is 2.43 bits per heavy atom. The Bertz CT molecular complexity index is 793.